The van der Waals surface area contributed by atoms with Gasteiger partial charge < -0.3 is 9.47 Å². The van der Waals surface area contributed by atoms with Crippen LogP contribution in [-0.4, -0.2) is 18.8 Å². The molecule has 0 fully saturated rings. The van der Waals surface area contributed by atoms with Crippen LogP contribution in [0.5, 0.6) is 0 Å². The van der Waals surface area contributed by atoms with E-state index in [0.29, 0.717) is 22.5 Å². The minimum Gasteiger partial charge on any atom is -0.309 e. The molecule has 1 aliphatic heterocycles. The number of benzene rings is 6. The largest absolute Gasteiger partial charge is 0.309 e. The lowest BCUT2D eigenvalue weighted by Crippen LogP contribution is -2.22. The maximum atomic E-state index is 13.5. The van der Waals surface area contributed by atoms with Gasteiger partial charge in [0.15, 0.2) is 5.78 Å². The smallest absolute Gasteiger partial charge is 0.210 e. The predicted octanol–water partition coefficient (Wildman–Crippen LogP) is 8.63. The summed E-state index contributed by atoms with van der Waals surface area (Å²) in [4.78, 5) is 16.0. The number of aromatic nitrogens is 1. The third-order valence-corrected chi connectivity index (χ3v) is 10.00. The van der Waals surface area contributed by atoms with Gasteiger partial charge in [0.1, 0.15) is 0 Å². The number of ketones is 1. The van der Waals surface area contributed by atoms with Gasteiger partial charge in [-0.25, -0.2) is 8.42 Å². The minimum absolute atomic E-state index is 0.0812. The Morgan fingerprint density at radius 2 is 0.884 bits per heavy atom. The highest BCUT2D eigenvalue weighted by molar-refractivity contribution is 7.92. The van der Waals surface area contributed by atoms with Crippen molar-refractivity contribution in [3.05, 3.63) is 157 Å². The lowest BCUT2D eigenvalue weighted by molar-refractivity contribution is 0.103. The first-order valence-electron chi connectivity index (χ1n) is 14.0. The van der Waals surface area contributed by atoms with Gasteiger partial charge in [-0.15, -0.1) is 0 Å². The summed E-state index contributed by atoms with van der Waals surface area (Å²) in [7, 11) is -3.64. The third kappa shape index (κ3) is 3.84. The van der Waals surface area contributed by atoms with Crippen LogP contribution in [-0.2, 0) is 9.84 Å². The van der Waals surface area contributed by atoms with Gasteiger partial charge in [0.05, 0.1) is 32.2 Å². The zero-order valence-corrected chi connectivity index (χ0v) is 23.7. The van der Waals surface area contributed by atoms with E-state index >= 15 is 0 Å². The molecule has 0 atom stereocenters. The quantitative estimate of drug-likeness (QED) is 0.197. The Labute approximate surface area is 248 Å². The summed E-state index contributed by atoms with van der Waals surface area (Å²) in [5.74, 6) is -0.0812. The summed E-state index contributed by atoms with van der Waals surface area (Å²) >= 11 is 0. The van der Waals surface area contributed by atoms with Crippen LogP contribution in [0, 0.1) is 0 Å². The Bertz CT molecular complexity index is 2210. The van der Waals surface area contributed by atoms with Gasteiger partial charge in [-0.1, -0.05) is 60.7 Å². The summed E-state index contributed by atoms with van der Waals surface area (Å²) in [6.45, 7) is 0. The van der Waals surface area contributed by atoms with Gasteiger partial charge in [0, 0.05) is 33.3 Å². The molecule has 8 rings (SSSR count). The van der Waals surface area contributed by atoms with Gasteiger partial charge in [-0.05, 0) is 84.9 Å². The Morgan fingerprint density at radius 3 is 1.40 bits per heavy atom. The molecule has 2 heterocycles. The van der Waals surface area contributed by atoms with Gasteiger partial charge in [0.2, 0.25) is 9.84 Å². The monoisotopic (exact) mass is 576 g/mol. The van der Waals surface area contributed by atoms with Crippen LogP contribution in [0.4, 0.5) is 17.1 Å². The Hall–Kier alpha value is -5.46. The van der Waals surface area contributed by atoms with Crippen molar-refractivity contribution in [1.82, 2.24) is 4.57 Å². The molecule has 0 amide bonds. The van der Waals surface area contributed by atoms with Crippen molar-refractivity contribution in [2.24, 2.45) is 0 Å². The van der Waals surface area contributed by atoms with Crippen LogP contribution >= 0.6 is 0 Å². The van der Waals surface area contributed by atoms with E-state index in [4.69, 9.17) is 0 Å². The molecule has 43 heavy (non-hydrogen) atoms. The molecule has 0 saturated carbocycles. The lowest BCUT2D eigenvalue weighted by atomic mass is 10.0. The number of anilines is 3. The van der Waals surface area contributed by atoms with E-state index in [0.717, 1.165) is 22.4 Å². The van der Waals surface area contributed by atoms with Crippen LogP contribution in [0.3, 0.4) is 0 Å². The van der Waals surface area contributed by atoms with Gasteiger partial charge in [0.25, 0.3) is 0 Å². The standard InChI is InChI=1S/C37H24N2O3S/c40-37(25-17-21-27(22-18-25)38-31-11-3-1-9-29(31)30-10-2-4-12-32(30)38)26-19-23-28(24-20-26)39-33-13-5-7-15-35(33)43(41,42)36-16-8-6-14-34(36)39/h1-24H. The van der Waals surface area contributed by atoms with Crippen LogP contribution < -0.4 is 4.90 Å². The molecule has 1 aliphatic rings. The summed E-state index contributed by atoms with van der Waals surface area (Å²) in [6.07, 6.45) is 0. The minimum atomic E-state index is -3.64. The molecule has 0 N–H and O–H groups in total. The summed E-state index contributed by atoms with van der Waals surface area (Å²) in [5.41, 5.74) is 6.31. The van der Waals surface area contributed by atoms with Crippen LogP contribution in [0.1, 0.15) is 15.9 Å². The molecule has 7 aromatic rings. The number of hydrogen-bond donors (Lipinski definition) is 0. The Kier molecular flexibility index (Phi) is 5.61. The van der Waals surface area contributed by atoms with E-state index in [9.17, 15) is 13.2 Å². The lowest BCUT2D eigenvalue weighted by Gasteiger charge is -2.32. The van der Waals surface area contributed by atoms with Crippen LogP contribution in [0.25, 0.3) is 27.5 Å². The summed E-state index contributed by atoms with van der Waals surface area (Å²) in [5, 5.41) is 2.38. The molecule has 6 aromatic carbocycles. The van der Waals surface area contributed by atoms with E-state index in [2.05, 4.69) is 41.0 Å². The fourth-order valence-electron chi connectivity index (χ4n) is 6.16. The maximum Gasteiger partial charge on any atom is 0.210 e. The highest BCUT2D eigenvalue weighted by Gasteiger charge is 2.34. The molecule has 0 unspecified atom stereocenters. The first-order chi connectivity index (χ1) is 21.0. The first kappa shape index (κ1) is 25.3. The van der Waals surface area contributed by atoms with E-state index in [-0.39, 0.29) is 15.6 Å². The SMILES string of the molecule is O=C(c1ccc(N2c3ccccc3S(=O)(=O)c3ccccc32)cc1)c1ccc(-n2c3ccccc3c3ccccc32)cc1. The van der Waals surface area contributed by atoms with Crippen molar-refractivity contribution in [1.29, 1.82) is 0 Å². The summed E-state index contributed by atoms with van der Waals surface area (Å²) < 4.78 is 28.9. The second kappa shape index (κ2) is 9.54. The Balaban J connectivity index is 1.14. The van der Waals surface area contributed by atoms with Gasteiger partial charge in [-0.3, -0.25) is 4.79 Å². The molecular formula is C37H24N2O3S. The van der Waals surface area contributed by atoms with E-state index in [1.165, 1.54) is 10.8 Å². The van der Waals surface area contributed by atoms with Gasteiger partial charge >= 0.3 is 0 Å². The van der Waals surface area contributed by atoms with Crippen LogP contribution in [0.2, 0.25) is 0 Å². The van der Waals surface area contributed by atoms with E-state index < -0.39 is 9.84 Å². The molecule has 5 nitrogen and oxygen atoms in total. The fourth-order valence-corrected chi connectivity index (χ4v) is 7.78. The van der Waals surface area contributed by atoms with Crippen molar-refractivity contribution >= 4 is 54.5 Å². The maximum absolute atomic E-state index is 13.5. The number of hydrogen-bond acceptors (Lipinski definition) is 4. The second-order valence-corrected chi connectivity index (χ2v) is 12.5. The number of rotatable bonds is 4. The highest BCUT2D eigenvalue weighted by atomic mass is 32.2. The summed E-state index contributed by atoms with van der Waals surface area (Å²) in [6, 6.07) is 45.7. The number of carbonyl (C=O) groups excluding carboxylic acids is 1. The zero-order chi connectivity index (χ0) is 29.1. The number of carbonyl (C=O) groups is 1. The molecule has 0 saturated heterocycles. The van der Waals surface area contributed by atoms with Crippen molar-refractivity contribution < 1.29 is 13.2 Å². The van der Waals surface area contributed by atoms with E-state index in [1.807, 2.05) is 65.6 Å². The van der Waals surface area contributed by atoms with Crippen molar-refractivity contribution in [3.63, 3.8) is 0 Å². The average Bonchev–Trinajstić information content (AvgIpc) is 3.39. The molecule has 0 bridgehead atoms. The average molecular weight is 577 g/mol. The Morgan fingerprint density at radius 1 is 0.465 bits per heavy atom. The topological polar surface area (TPSA) is 59.4 Å². The van der Waals surface area contributed by atoms with Crippen LogP contribution in [0.15, 0.2) is 155 Å². The number of sulfone groups is 1. The molecular weight excluding hydrogens is 552 g/mol. The van der Waals surface area contributed by atoms with Crippen molar-refractivity contribution in [2.45, 2.75) is 9.79 Å². The predicted molar refractivity (Wildman–Crippen MR) is 171 cm³/mol. The number of nitrogens with zero attached hydrogens (tertiary/aromatic N) is 2. The molecule has 206 valence electrons. The number of para-hydroxylation sites is 4. The second-order valence-electron chi connectivity index (χ2n) is 10.6. The molecule has 0 spiro atoms. The van der Waals surface area contributed by atoms with E-state index in [1.54, 1.807) is 48.5 Å². The first-order valence-corrected chi connectivity index (χ1v) is 15.5. The van der Waals surface area contributed by atoms with Crippen molar-refractivity contribution in [2.75, 3.05) is 4.90 Å². The number of fused-ring (bicyclic) bond motifs is 5. The fraction of sp³-hybridized carbons (Fsp3) is 0. The molecule has 0 radical (unpaired) electrons. The molecule has 6 heteroatoms. The molecule has 0 aliphatic carbocycles. The van der Waals surface area contributed by atoms with Crippen molar-refractivity contribution in [3.8, 4) is 5.69 Å². The highest BCUT2D eigenvalue weighted by Crippen LogP contribution is 2.47. The third-order valence-electron chi connectivity index (χ3n) is 8.15. The molecule has 1 aromatic heterocycles. The zero-order valence-electron chi connectivity index (χ0n) is 22.9. The van der Waals surface area contributed by atoms with Gasteiger partial charge in [-0.2, -0.15) is 0 Å². The normalized spacial score (nSPS) is 13.5.